The molecule has 0 fully saturated rings. The number of furan rings is 2. The fourth-order valence-corrected chi connectivity index (χ4v) is 2.36. The van der Waals surface area contributed by atoms with Crippen LogP contribution in [-0.4, -0.2) is 0 Å². The van der Waals surface area contributed by atoms with Crippen molar-refractivity contribution in [2.75, 3.05) is 0 Å². The molecule has 2 aromatic carbocycles. The van der Waals surface area contributed by atoms with Crippen molar-refractivity contribution in [3.63, 3.8) is 0 Å². The first-order chi connectivity index (χ1) is 7.95. The second-order valence-electron chi connectivity index (χ2n) is 3.91. The van der Waals surface area contributed by atoms with Crippen molar-refractivity contribution in [1.82, 2.24) is 0 Å². The summed E-state index contributed by atoms with van der Waals surface area (Å²) in [6.07, 6.45) is 5.30. The van der Waals surface area contributed by atoms with Gasteiger partial charge in [0.05, 0.1) is 18.8 Å². The van der Waals surface area contributed by atoms with Gasteiger partial charge in [-0.1, -0.05) is 24.3 Å². The van der Waals surface area contributed by atoms with E-state index in [1.807, 2.05) is 18.2 Å². The van der Waals surface area contributed by atoms with Crippen molar-refractivity contribution in [1.29, 1.82) is 0 Å². The Morgan fingerprint density at radius 2 is 1.38 bits per heavy atom. The molecule has 0 aliphatic heterocycles. The maximum absolute atomic E-state index is 5.57. The Morgan fingerprint density at radius 1 is 0.688 bits per heavy atom. The Morgan fingerprint density at radius 3 is 2.25 bits per heavy atom. The number of rotatable bonds is 0. The highest BCUT2D eigenvalue weighted by Crippen LogP contribution is 2.35. The summed E-state index contributed by atoms with van der Waals surface area (Å²) in [6, 6.07) is 10.2. The highest BCUT2D eigenvalue weighted by Gasteiger charge is 2.11. The molecule has 0 N–H and O–H groups in total. The molecular formula is C14H8O2. The smallest absolute Gasteiger partial charge is 0.142 e. The van der Waals surface area contributed by atoms with Gasteiger partial charge in [0.2, 0.25) is 0 Å². The van der Waals surface area contributed by atoms with Gasteiger partial charge in [0.1, 0.15) is 5.58 Å². The van der Waals surface area contributed by atoms with Crippen LogP contribution in [0.5, 0.6) is 0 Å². The second-order valence-corrected chi connectivity index (χ2v) is 3.91. The molecule has 0 aliphatic rings. The lowest BCUT2D eigenvalue weighted by Gasteiger charge is -2.00. The Bertz CT molecular complexity index is 736. The van der Waals surface area contributed by atoms with Crippen LogP contribution in [0.25, 0.3) is 32.5 Å². The largest absolute Gasteiger partial charge is 0.471 e. The molecule has 0 atom stereocenters. The van der Waals surface area contributed by atoms with E-state index in [1.165, 1.54) is 5.39 Å². The van der Waals surface area contributed by atoms with Gasteiger partial charge in [-0.2, -0.15) is 0 Å². The minimum absolute atomic E-state index is 0.935. The second kappa shape index (κ2) is 2.67. The molecule has 4 rings (SSSR count). The molecule has 16 heavy (non-hydrogen) atoms. The molecule has 0 unspecified atom stereocenters. The van der Waals surface area contributed by atoms with Gasteiger partial charge in [-0.05, 0) is 11.5 Å². The molecule has 0 radical (unpaired) electrons. The van der Waals surface area contributed by atoms with Crippen LogP contribution in [-0.2, 0) is 0 Å². The van der Waals surface area contributed by atoms with Crippen LogP contribution in [0.2, 0.25) is 0 Å². The SMILES string of the molecule is c1ccc2c(c1)c1cocc1c1ccoc21. The van der Waals surface area contributed by atoms with E-state index in [9.17, 15) is 0 Å². The average Bonchev–Trinajstić information content (AvgIpc) is 2.98. The van der Waals surface area contributed by atoms with Gasteiger partial charge in [-0.3, -0.25) is 0 Å². The van der Waals surface area contributed by atoms with Crippen LogP contribution in [0, 0.1) is 0 Å². The minimum atomic E-state index is 0.935. The third kappa shape index (κ3) is 0.823. The molecule has 0 spiro atoms. The molecule has 2 heteroatoms. The van der Waals surface area contributed by atoms with E-state index in [2.05, 4.69) is 12.1 Å². The van der Waals surface area contributed by atoms with Crippen molar-refractivity contribution in [3.8, 4) is 0 Å². The van der Waals surface area contributed by atoms with Gasteiger partial charge in [0, 0.05) is 21.5 Å². The summed E-state index contributed by atoms with van der Waals surface area (Å²) in [4.78, 5) is 0. The third-order valence-electron chi connectivity index (χ3n) is 3.08. The van der Waals surface area contributed by atoms with Gasteiger partial charge in [0.15, 0.2) is 0 Å². The lowest BCUT2D eigenvalue weighted by Crippen LogP contribution is -1.75. The molecule has 2 aromatic heterocycles. The monoisotopic (exact) mass is 208 g/mol. The van der Waals surface area contributed by atoms with Gasteiger partial charge in [-0.25, -0.2) is 0 Å². The fraction of sp³-hybridized carbons (Fsp3) is 0. The molecule has 0 saturated heterocycles. The van der Waals surface area contributed by atoms with E-state index in [-0.39, 0.29) is 0 Å². The average molecular weight is 208 g/mol. The number of hydrogen-bond acceptors (Lipinski definition) is 2. The molecule has 0 bridgehead atoms. The van der Waals surface area contributed by atoms with E-state index in [4.69, 9.17) is 8.83 Å². The Kier molecular flexibility index (Phi) is 1.33. The van der Waals surface area contributed by atoms with E-state index in [0.717, 1.165) is 27.1 Å². The van der Waals surface area contributed by atoms with Crippen molar-refractivity contribution in [2.45, 2.75) is 0 Å². The standard InChI is InChI=1S/C14H8O2/c1-2-4-10-9(3-1)12-7-15-8-13(12)11-5-6-16-14(10)11/h1-8H. The summed E-state index contributed by atoms with van der Waals surface area (Å²) in [5.41, 5.74) is 0.935. The first-order valence-electron chi connectivity index (χ1n) is 5.19. The van der Waals surface area contributed by atoms with Crippen molar-refractivity contribution >= 4 is 32.5 Å². The molecule has 0 amide bonds. The summed E-state index contributed by atoms with van der Waals surface area (Å²) in [5, 5.41) is 5.68. The first kappa shape index (κ1) is 7.99. The molecule has 2 heterocycles. The van der Waals surface area contributed by atoms with Crippen LogP contribution >= 0.6 is 0 Å². The lowest BCUT2D eigenvalue weighted by molar-refractivity contribution is 0.573. The van der Waals surface area contributed by atoms with Gasteiger partial charge < -0.3 is 8.83 Å². The first-order valence-corrected chi connectivity index (χ1v) is 5.19. The van der Waals surface area contributed by atoms with E-state index < -0.39 is 0 Å². The summed E-state index contributed by atoms with van der Waals surface area (Å²) < 4.78 is 10.9. The Balaban J connectivity index is 2.51. The number of hydrogen-bond donors (Lipinski definition) is 0. The normalized spacial score (nSPS) is 11.8. The molecule has 76 valence electrons. The van der Waals surface area contributed by atoms with E-state index >= 15 is 0 Å². The minimum Gasteiger partial charge on any atom is -0.471 e. The van der Waals surface area contributed by atoms with Crippen LogP contribution in [0.3, 0.4) is 0 Å². The topological polar surface area (TPSA) is 26.3 Å². The van der Waals surface area contributed by atoms with Gasteiger partial charge >= 0.3 is 0 Å². The van der Waals surface area contributed by atoms with Gasteiger partial charge in [0.25, 0.3) is 0 Å². The number of benzene rings is 2. The Labute approximate surface area is 91.1 Å². The number of fused-ring (bicyclic) bond motifs is 6. The summed E-state index contributed by atoms with van der Waals surface area (Å²) in [7, 11) is 0. The maximum Gasteiger partial charge on any atom is 0.142 e. The van der Waals surface area contributed by atoms with Gasteiger partial charge in [-0.15, -0.1) is 0 Å². The van der Waals surface area contributed by atoms with Crippen LogP contribution in [0.4, 0.5) is 0 Å². The third-order valence-corrected chi connectivity index (χ3v) is 3.08. The molecule has 2 nitrogen and oxygen atoms in total. The van der Waals surface area contributed by atoms with Crippen LogP contribution in [0.15, 0.2) is 58.0 Å². The zero-order valence-electron chi connectivity index (χ0n) is 8.44. The maximum atomic E-state index is 5.57. The quantitative estimate of drug-likeness (QED) is 0.430. The van der Waals surface area contributed by atoms with Crippen LogP contribution in [0.1, 0.15) is 0 Å². The van der Waals surface area contributed by atoms with Crippen LogP contribution < -0.4 is 0 Å². The van der Waals surface area contributed by atoms with Crippen molar-refractivity contribution in [2.24, 2.45) is 0 Å². The molecule has 0 saturated carbocycles. The zero-order valence-corrected chi connectivity index (χ0v) is 8.44. The molecule has 0 aliphatic carbocycles. The van der Waals surface area contributed by atoms with Crippen molar-refractivity contribution in [3.05, 3.63) is 49.1 Å². The van der Waals surface area contributed by atoms with E-state index in [1.54, 1.807) is 18.8 Å². The molecule has 4 aromatic rings. The highest BCUT2D eigenvalue weighted by molar-refractivity contribution is 6.23. The lowest BCUT2D eigenvalue weighted by atomic mass is 10.0. The predicted molar refractivity (Wildman–Crippen MR) is 63.5 cm³/mol. The summed E-state index contributed by atoms with van der Waals surface area (Å²) >= 11 is 0. The fourth-order valence-electron chi connectivity index (χ4n) is 2.36. The Hall–Kier alpha value is -2.22. The van der Waals surface area contributed by atoms with E-state index in [0.29, 0.717) is 0 Å². The summed E-state index contributed by atoms with van der Waals surface area (Å²) in [5.74, 6) is 0. The molecular weight excluding hydrogens is 200 g/mol. The summed E-state index contributed by atoms with van der Waals surface area (Å²) in [6.45, 7) is 0. The zero-order chi connectivity index (χ0) is 10.5. The van der Waals surface area contributed by atoms with Crippen molar-refractivity contribution < 1.29 is 8.83 Å². The predicted octanol–water partition coefficient (Wildman–Crippen LogP) is 4.33. The highest BCUT2D eigenvalue weighted by atomic mass is 16.3.